The van der Waals surface area contributed by atoms with E-state index in [0.29, 0.717) is 12.2 Å². The molecule has 0 heterocycles. The van der Waals surface area contributed by atoms with Crippen molar-refractivity contribution in [2.45, 2.75) is 207 Å². The van der Waals surface area contributed by atoms with Gasteiger partial charge in [-0.25, -0.2) is 0 Å². The average molecular weight is 629 g/mol. The Hall–Kier alpha value is 0.274. The van der Waals surface area contributed by atoms with Gasteiger partial charge in [0.15, 0.2) is 16.6 Å². The van der Waals surface area contributed by atoms with Gasteiger partial charge in [0.25, 0.3) is 0 Å². The fourth-order valence-electron chi connectivity index (χ4n) is 5.18. The van der Waals surface area contributed by atoms with Crippen molar-refractivity contribution in [2.24, 2.45) is 5.73 Å². The molecule has 6 heteroatoms. The third kappa shape index (κ3) is 18.9. The monoisotopic (exact) mass is 629 g/mol. The Morgan fingerprint density at radius 2 is 0.905 bits per heavy atom. The molecule has 0 saturated carbocycles. The fourth-order valence-corrected chi connectivity index (χ4v) is 7.94. The number of nitrogens with zero attached hydrogens (tertiary/aromatic N) is 1. The SMILES string of the molecule is CCCCCCCCC(CN(CCCCN)CC(CCCCCCCC)O[Si](C)(C)C(C)(C)C)O[Si](C)(C)C(C)(C)C. The van der Waals surface area contributed by atoms with Gasteiger partial charge in [-0.2, -0.15) is 0 Å². The Balaban J connectivity index is 5.80. The molecule has 0 spiro atoms. The van der Waals surface area contributed by atoms with Gasteiger partial charge in [-0.05, 0) is 75.0 Å². The second-order valence-corrected chi connectivity index (χ2v) is 25.9. The van der Waals surface area contributed by atoms with Gasteiger partial charge in [-0.1, -0.05) is 132 Å². The van der Waals surface area contributed by atoms with E-state index in [9.17, 15) is 0 Å². The molecule has 0 aromatic carbocycles. The largest absolute Gasteiger partial charge is 0.413 e. The third-order valence-electron chi connectivity index (χ3n) is 10.1. The third-order valence-corrected chi connectivity index (χ3v) is 19.2. The molecule has 0 aliphatic carbocycles. The van der Waals surface area contributed by atoms with Crippen LogP contribution in [0.1, 0.15) is 158 Å². The summed E-state index contributed by atoms with van der Waals surface area (Å²) in [5.41, 5.74) is 5.95. The fraction of sp³-hybridized carbons (Fsp3) is 1.00. The van der Waals surface area contributed by atoms with E-state index >= 15 is 0 Å². The number of hydrogen-bond acceptors (Lipinski definition) is 4. The zero-order chi connectivity index (χ0) is 32.3. The van der Waals surface area contributed by atoms with Crippen LogP contribution in [0.15, 0.2) is 0 Å². The number of nitrogens with two attached hydrogens (primary N) is 1. The molecular weight excluding hydrogens is 549 g/mol. The lowest BCUT2D eigenvalue weighted by atomic mass is 10.1. The molecule has 0 amide bonds. The van der Waals surface area contributed by atoms with E-state index < -0.39 is 16.6 Å². The van der Waals surface area contributed by atoms with Gasteiger partial charge in [0.05, 0.1) is 12.2 Å². The number of rotatable bonds is 26. The summed E-state index contributed by atoms with van der Waals surface area (Å²) in [5.74, 6) is 0. The van der Waals surface area contributed by atoms with E-state index in [1.54, 1.807) is 0 Å². The molecule has 0 rings (SSSR count). The summed E-state index contributed by atoms with van der Waals surface area (Å²) in [6.45, 7) is 32.5. The lowest BCUT2D eigenvalue weighted by Gasteiger charge is -2.42. The Morgan fingerprint density at radius 3 is 1.24 bits per heavy atom. The quantitative estimate of drug-likeness (QED) is 0.0764. The Kier molecular flexibility index (Phi) is 22.1. The second-order valence-electron chi connectivity index (χ2n) is 16.4. The highest BCUT2D eigenvalue weighted by atomic mass is 28.4. The van der Waals surface area contributed by atoms with Crippen molar-refractivity contribution in [3.63, 3.8) is 0 Å². The molecule has 0 aliphatic heterocycles. The summed E-state index contributed by atoms with van der Waals surface area (Å²) in [7, 11) is -3.73. The van der Waals surface area contributed by atoms with Crippen LogP contribution >= 0.6 is 0 Å². The lowest BCUT2D eigenvalue weighted by Crippen LogP contribution is -2.50. The minimum atomic E-state index is -1.87. The zero-order valence-electron chi connectivity index (χ0n) is 31.1. The molecule has 42 heavy (non-hydrogen) atoms. The summed E-state index contributed by atoms with van der Waals surface area (Å²) >= 11 is 0. The summed E-state index contributed by atoms with van der Waals surface area (Å²) in [5, 5.41) is 0.449. The van der Waals surface area contributed by atoms with Crippen LogP contribution in [0.3, 0.4) is 0 Å². The summed E-state index contributed by atoms with van der Waals surface area (Å²) < 4.78 is 14.4. The summed E-state index contributed by atoms with van der Waals surface area (Å²) in [6, 6.07) is 0. The van der Waals surface area contributed by atoms with E-state index in [-0.39, 0.29) is 10.1 Å². The van der Waals surface area contributed by atoms with Crippen molar-refractivity contribution in [2.75, 3.05) is 26.2 Å². The number of unbranched alkanes of at least 4 members (excludes halogenated alkanes) is 11. The predicted octanol–water partition coefficient (Wildman–Crippen LogP) is 11.3. The highest BCUT2D eigenvalue weighted by Gasteiger charge is 2.41. The van der Waals surface area contributed by atoms with Gasteiger partial charge >= 0.3 is 0 Å². The maximum absolute atomic E-state index is 7.18. The Bertz CT molecular complexity index is 593. The van der Waals surface area contributed by atoms with Gasteiger partial charge in [-0.3, -0.25) is 4.90 Å². The van der Waals surface area contributed by atoms with E-state index in [1.807, 2.05) is 0 Å². The molecule has 0 bridgehead atoms. The van der Waals surface area contributed by atoms with Gasteiger partial charge in [0.1, 0.15) is 0 Å². The van der Waals surface area contributed by atoms with E-state index in [1.165, 1.54) is 89.9 Å². The smallest absolute Gasteiger partial charge is 0.192 e. The molecule has 4 nitrogen and oxygen atoms in total. The minimum absolute atomic E-state index is 0.225. The Morgan fingerprint density at radius 1 is 0.548 bits per heavy atom. The molecule has 254 valence electrons. The lowest BCUT2D eigenvalue weighted by molar-refractivity contribution is 0.0680. The van der Waals surface area contributed by atoms with Crippen LogP contribution in [0.4, 0.5) is 0 Å². The zero-order valence-corrected chi connectivity index (χ0v) is 33.1. The Labute approximate surface area is 268 Å². The molecule has 2 atom stereocenters. The van der Waals surface area contributed by atoms with Crippen LogP contribution in [-0.4, -0.2) is 59.9 Å². The first kappa shape index (κ1) is 42.3. The minimum Gasteiger partial charge on any atom is -0.413 e. The highest BCUT2D eigenvalue weighted by molar-refractivity contribution is 6.74. The van der Waals surface area contributed by atoms with E-state index in [0.717, 1.165) is 39.0 Å². The van der Waals surface area contributed by atoms with Crippen molar-refractivity contribution < 1.29 is 8.85 Å². The molecule has 0 aromatic rings. The van der Waals surface area contributed by atoms with E-state index in [4.69, 9.17) is 14.6 Å². The molecule has 2 unspecified atom stereocenters. The van der Waals surface area contributed by atoms with Crippen LogP contribution in [-0.2, 0) is 8.85 Å². The normalized spacial score (nSPS) is 15.0. The van der Waals surface area contributed by atoms with Crippen LogP contribution in [0.25, 0.3) is 0 Å². The second kappa shape index (κ2) is 21.9. The van der Waals surface area contributed by atoms with Crippen molar-refractivity contribution in [1.29, 1.82) is 0 Å². The molecule has 0 aromatic heterocycles. The molecule has 2 N–H and O–H groups in total. The van der Waals surface area contributed by atoms with Gasteiger partial charge in [0.2, 0.25) is 0 Å². The van der Waals surface area contributed by atoms with Crippen molar-refractivity contribution >= 4 is 16.6 Å². The average Bonchev–Trinajstić information content (AvgIpc) is 2.86. The molecular formula is C36H80N2O2Si2. The van der Waals surface area contributed by atoms with Gasteiger partial charge < -0.3 is 14.6 Å². The van der Waals surface area contributed by atoms with Crippen LogP contribution in [0.5, 0.6) is 0 Å². The molecule has 0 fully saturated rings. The highest BCUT2D eigenvalue weighted by Crippen LogP contribution is 2.39. The standard InChI is InChI=1S/C36H80N2O2Si2/c1-13-15-17-19-21-23-27-33(39-41(9,10)35(3,4)5)31-38(30-26-25-29-37)32-34(28-24-22-20-18-16-14-2)40-42(11,12)36(6,7)8/h33-34H,13-32,37H2,1-12H3. The van der Waals surface area contributed by atoms with Crippen LogP contribution in [0, 0.1) is 0 Å². The van der Waals surface area contributed by atoms with E-state index in [2.05, 4.69) is 86.5 Å². The predicted molar refractivity (Wildman–Crippen MR) is 195 cm³/mol. The van der Waals surface area contributed by atoms with Crippen LogP contribution in [0.2, 0.25) is 36.3 Å². The maximum atomic E-state index is 7.18. The first-order chi connectivity index (χ1) is 19.5. The first-order valence-electron chi connectivity index (χ1n) is 18.3. The van der Waals surface area contributed by atoms with Crippen molar-refractivity contribution in [1.82, 2.24) is 4.90 Å². The van der Waals surface area contributed by atoms with Gasteiger partial charge in [-0.15, -0.1) is 0 Å². The van der Waals surface area contributed by atoms with Crippen LogP contribution < -0.4 is 5.73 Å². The molecule has 0 aliphatic rings. The first-order valence-corrected chi connectivity index (χ1v) is 24.1. The molecule has 0 radical (unpaired) electrons. The number of hydrogen-bond donors (Lipinski definition) is 1. The summed E-state index contributed by atoms with van der Waals surface area (Å²) in [6.07, 6.45) is 21.3. The van der Waals surface area contributed by atoms with Crippen molar-refractivity contribution in [3.8, 4) is 0 Å². The molecule has 0 saturated heterocycles. The van der Waals surface area contributed by atoms with Gasteiger partial charge in [0, 0.05) is 13.1 Å². The maximum Gasteiger partial charge on any atom is 0.192 e. The topological polar surface area (TPSA) is 47.7 Å². The summed E-state index contributed by atoms with van der Waals surface area (Å²) in [4.78, 5) is 2.72. The van der Waals surface area contributed by atoms with Crippen molar-refractivity contribution in [3.05, 3.63) is 0 Å².